The van der Waals surface area contributed by atoms with Crippen molar-refractivity contribution in [1.82, 2.24) is 4.98 Å². The summed E-state index contributed by atoms with van der Waals surface area (Å²) in [5.41, 5.74) is 6.21. The zero-order valence-corrected chi connectivity index (χ0v) is 8.43. The second-order valence-electron chi connectivity index (χ2n) is 3.37. The lowest BCUT2D eigenvalue weighted by atomic mass is 9.98. The SMILES string of the molecule is CC(C)[C@@H](N)c1cc(Cl)c[nH]c1=O. The molecule has 1 atom stereocenters. The molecule has 0 bridgehead atoms. The van der Waals surface area contributed by atoms with Gasteiger partial charge in [-0.3, -0.25) is 4.79 Å². The van der Waals surface area contributed by atoms with Crippen LogP contribution in [-0.2, 0) is 0 Å². The minimum atomic E-state index is -0.262. The van der Waals surface area contributed by atoms with Crippen LogP contribution in [0.25, 0.3) is 0 Å². The normalized spacial score (nSPS) is 13.3. The van der Waals surface area contributed by atoms with Gasteiger partial charge in [0.05, 0.1) is 5.02 Å². The van der Waals surface area contributed by atoms with Gasteiger partial charge in [-0.1, -0.05) is 25.4 Å². The Morgan fingerprint density at radius 1 is 1.54 bits per heavy atom. The first kappa shape index (κ1) is 10.3. The molecule has 0 saturated heterocycles. The number of H-pyrrole nitrogens is 1. The lowest BCUT2D eigenvalue weighted by Gasteiger charge is -2.14. The first-order valence-corrected chi connectivity index (χ1v) is 4.54. The molecular weight excluding hydrogens is 188 g/mol. The van der Waals surface area contributed by atoms with Crippen molar-refractivity contribution in [1.29, 1.82) is 0 Å². The minimum absolute atomic E-state index is 0.161. The van der Waals surface area contributed by atoms with Crippen LogP contribution < -0.4 is 11.3 Å². The highest BCUT2D eigenvalue weighted by Crippen LogP contribution is 2.17. The highest BCUT2D eigenvalue weighted by Gasteiger charge is 2.14. The van der Waals surface area contributed by atoms with Gasteiger partial charge in [-0.25, -0.2) is 0 Å². The lowest BCUT2D eigenvalue weighted by molar-refractivity contribution is 0.510. The largest absolute Gasteiger partial charge is 0.327 e. The van der Waals surface area contributed by atoms with Crippen LogP contribution in [0.1, 0.15) is 25.5 Å². The van der Waals surface area contributed by atoms with Crippen molar-refractivity contribution in [2.24, 2.45) is 11.7 Å². The zero-order chi connectivity index (χ0) is 10.0. The van der Waals surface area contributed by atoms with E-state index in [4.69, 9.17) is 17.3 Å². The summed E-state index contributed by atoms with van der Waals surface area (Å²) in [7, 11) is 0. The van der Waals surface area contributed by atoms with Gasteiger partial charge >= 0.3 is 0 Å². The molecule has 0 spiro atoms. The maximum absolute atomic E-state index is 11.3. The fourth-order valence-corrected chi connectivity index (χ4v) is 1.25. The van der Waals surface area contributed by atoms with E-state index in [0.29, 0.717) is 10.6 Å². The first-order chi connectivity index (χ1) is 6.02. The third-order valence-electron chi connectivity index (χ3n) is 1.97. The maximum atomic E-state index is 11.3. The summed E-state index contributed by atoms with van der Waals surface area (Å²) in [4.78, 5) is 13.9. The molecule has 1 heterocycles. The molecular formula is C9H13ClN2O. The van der Waals surface area contributed by atoms with E-state index in [1.165, 1.54) is 6.20 Å². The molecule has 1 aromatic rings. The molecule has 0 aliphatic heterocycles. The van der Waals surface area contributed by atoms with Gasteiger partial charge in [0.15, 0.2) is 0 Å². The first-order valence-electron chi connectivity index (χ1n) is 4.16. The zero-order valence-electron chi connectivity index (χ0n) is 7.67. The molecule has 1 aromatic heterocycles. The second-order valence-corrected chi connectivity index (χ2v) is 3.81. The molecule has 0 fully saturated rings. The van der Waals surface area contributed by atoms with E-state index in [2.05, 4.69) is 4.98 Å². The third kappa shape index (κ3) is 2.32. The molecule has 13 heavy (non-hydrogen) atoms. The number of nitrogens with one attached hydrogen (secondary N) is 1. The van der Waals surface area contributed by atoms with E-state index in [9.17, 15) is 4.79 Å². The Bertz CT molecular complexity index is 346. The lowest BCUT2D eigenvalue weighted by Crippen LogP contribution is -2.25. The van der Waals surface area contributed by atoms with Crippen LogP contribution in [0.5, 0.6) is 0 Å². The van der Waals surface area contributed by atoms with Crippen LogP contribution >= 0.6 is 11.6 Å². The van der Waals surface area contributed by atoms with Crippen molar-refractivity contribution in [3.05, 3.63) is 33.2 Å². The number of nitrogens with two attached hydrogens (primary N) is 1. The summed E-state index contributed by atoms with van der Waals surface area (Å²) in [6, 6.07) is 1.35. The third-order valence-corrected chi connectivity index (χ3v) is 2.19. The fourth-order valence-electron chi connectivity index (χ4n) is 1.08. The van der Waals surface area contributed by atoms with Crippen LogP contribution in [0.2, 0.25) is 5.02 Å². The Balaban J connectivity index is 3.13. The van der Waals surface area contributed by atoms with Gasteiger partial charge in [0, 0.05) is 17.8 Å². The number of rotatable bonds is 2. The molecule has 0 aliphatic rings. The topological polar surface area (TPSA) is 58.9 Å². The summed E-state index contributed by atoms with van der Waals surface area (Å²) >= 11 is 5.74. The van der Waals surface area contributed by atoms with Gasteiger partial charge in [-0.2, -0.15) is 0 Å². The van der Waals surface area contributed by atoms with Crippen LogP contribution in [0.15, 0.2) is 17.1 Å². The molecule has 72 valence electrons. The Morgan fingerprint density at radius 3 is 2.69 bits per heavy atom. The quantitative estimate of drug-likeness (QED) is 0.763. The van der Waals surface area contributed by atoms with Crippen LogP contribution in [0.3, 0.4) is 0 Å². The summed E-state index contributed by atoms with van der Waals surface area (Å²) in [5.74, 6) is 0.222. The smallest absolute Gasteiger partial charge is 0.252 e. The molecule has 0 saturated carbocycles. The molecule has 4 heteroatoms. The summed E-state index contributed by atoms with van der Waals surface area (Å²) in [6.07, 6.45) is 1.46. The van der Waals surface area contributed by atoms with Crippen molar-refractivity contribution >= 4 is 11.6 Å². The van der Waals surface area contributed by atoms with Gasteiger partial charge in [0.2, 0.25) is 0 Å². The predicted molar refractivity (Wildman–Crippen MR) is 53.8 cm³/mol. The van der Waals surface area contributed by atoms with Crippen molar-refractivity contribution < 1.29 is 0 Å². The summed E-state index contributed by atoms with van der Waals surface area (Å²) in [6.45, 7) is 3.93. The number of hydrogen-bond donors (Lipinski definition) is 2. The minimum Gasteiger partial charge on any atom is -0.327 e. The highest BCUT2D eigenvalue weighted by molar-refractivity contribution is 6.30. The number of pyridine rings is 1. The molecule has 3 N–H and O–H groups in total. The van der Waals surface area contributed by atoms with Crippen molar-refractivity contribution in [2.45, 2.75) is 19.9 Å². The Kier molecular flexibility index (Phi) is 3.12. The van der Waals surface area contributed by atoms with E-state index in [1.807, 2.05) is 13.8 Å². The standard InChI is InChI=1S/C9H13ClN2O/c1-5(2)8(11)7-3-6(10)4-12-9(7)13/h3-5,8H,11H2,1-2H3,(H,12,13)/t8-/m1/s1. The molecule has 1 rings (SSSR count). The van der Waals surface area contributed by atoms with Gasteiger partial charge in [-0.05, 0) is 12.0 Å². The Morgan fingerprint density at radius 2 is 2.15 bits per heavy atom. The molecule has 0 unspecified atom stereocenters. The van der Waals surface area contributed by atoms with Crippen LogP contribution in [0.4, 0.5) is 0 Å². The van der Waals surface area contributed by atoms with Gasteiger partial charge in [0.1, 0.15) is 0 Å². The van der Waals surface area contributed by atoms with Crippen molar-refractivity contribution in [3.8, 4) is 0 Å². The van der Waals surface area contributed by atoms with Gasteiger partial charge in [0.25, 0.3) is 5.56 Å². The number of aromatic nitrogens is 1. The maximum Gasteiger partial charge on any atom is 0.252 e. The Labute approximate surface area is 81.9 Å². The van der Waals surface area contributed by atoms with E-state index >= 15 is 0 Å². The van der Waals surface area contributed by atoms with Crippen LogP contribution in [0, 0.1) is 5.92 Å². The molecule has 0 aliphatic carbocycles. The van der Waals surface area contributed by atoms with Gasteiger partial charge < -0.3 is 10.7 Å². The second kappa shape index (κ2) is 3.94. The van der Waals surface area contributed by atoms with Crippen molar-refractivity contribution in [2.75, 3.05) is 0 Å². The number of aromatic amines is 1. The monoisotopic (exact) mass is 200 g/mol. The summed E-state index contributed by atoms with van der Waals surface area (Å²) in [5, 5.41) is 0.505. The van der Waals surface area contributed by atoms with Crippen LogP contribution in [-0.4, -0.2) is 4.98 Å². The molecule has 0 aromatic carbocycles. The fraction of sp³-hybridized carbons (Fsp3) is 0.444. The Hall–Kier alpha value is -0.800. The molecule has 0 radical (unpaired) electrons. The van der Waals surface area contributed by atoms with Gasteiger partial charge in [-0.15, -0.1) is 0 Å². The van der Waals surface area contributed by atoms with Crippen molar-refractivity contribution in [3.63, 3.8) is 0 Å². The summed E-state index contributed by atoms with van der Waals surface area (Å²) < 4.78 is 0. The van der Waals surface area contributed by atoms with E-state index < -0.39 is 0 Å². The van der Waals surface area contributed by atoms with E-state index in [0.717, 1.165) is 0 Å². The molecule has 0 amide bonds. The molecule has 3 nitrogen and oxygen atoms in total. The van der Waals surface area contributed by atoms with E-state index in [1.54, 1.807) is 6.07 Å². The predicted octanol–water partition coefficient (Wildman–Crippen LogP) is 1.68. The highest BCUT2D eigenvalue weighted by atomic mass is 35.5. The number of hydrogen-bond acceptors (Lipinski definition) is 2. The average Bonchev–Trinajstić information content (AvgIpc) is 2.08. The van der Waals surface area contributed by atoms with E-state index in [-0.39, 0.29) is 17.5 Å². The number of halogens is 1. The average molecular weight is 201 g/mol.